The Kier molecular flexibility index (Phi) is 13.1. The summed E-state index contributed by atoms with van der Waals surface area (Å²) in [7, 11) is 0. The fourth-order valence-corrected chi connectivity index (χ4v) is 6.81. The molecule has 0 aromatic carbocycles. The fourth-order valence-electron chi connectivity index (χ4n) is 5.52. The van der Waals surface area contributed by atoms with Gasteiger partial charge >= 0.3 is 0 Å². The molecule has 0 radical (unpaired) electrons. The number of thiocarbonyl (C=S) groups is 1. The van der Waals surface area contributed by atoms with E-state index in [9.17, 15) is 14.9 Å². The van der Waals surface area contributed by atoms with Gasteiger partial charge in [0, 0.05) is 31.7 Å². The van der Waals surface area contributed by atoms with E-state index >= 15 is 0 Å². The monoisotopic (exact) mass is 570 g/mol. The predicted octanol–water partition coefficient (Wildman–Crippen LogP) is 7.55. The lowest BCUT2D eigenvalue weighted by molar-refractivity contribution is -0.122. The first kappa shape index (κ1) is 31.4. The molecule has 2 saturated heterocycles. The molecule has 1 aromatic rings. The smallest absolute Gasteiger partial charge is 0.270 e. The van der Waals surface area contributed by atoms with Crippen LogP contribution in [0.3, 0.4) is 0 Å². The Morgan fingerprint density at radius 1 is 0.897 bits per heavy atom. The van der Waals surface area contributed by atoms with E-state index in [4.69, 9.17) is 12.2 Å². The number of nitriles is 1. The van der Waals surface area contributed by atoms with E-state index in [-0.39, 0.29) is 17.0 Å². The van der Waals surface area contributed by atoms with Crippen LogP contribution in [0.2, 0.25) is 0 Å². The van der Waals surface area contributed by atoms with Gasteiger partial charge in [-0.2, -0.15) is 5.26 Å². The average Bonchev–Trinajstić information content (AvgIpc) is 3.55. The van der Waals surface area contributed by atoms with Crippen molar-refractivity contribution in [2.75, 3.05) is 24.5 Å². The van der Waals surface area contributed by atoms with Gasteiger partial charge in [-0.15, -0.1) is 0 Å². The van der Waals surface area contributed by atoms with Gasteiger partial charge < -0.3 is 4.90 Å². The molecule has 0 unspecified atom stereocenters. The summed E-state index contributed by atoms with van der Waals surface area (Å²) in [6.45, 7) is 9.14. The van der Waals surface area contributed by atoms with E-state index in [1.807, 2.05) is 13.0 Å². The summed E-state index contributed by atoms with van der Waals surface area (Å²) in [6.07, 6.45) is 18.3. The van der Waals surface area contributed by atoms with Gasteiger partial charge in [0.2, 0.25) is 0 Å². The first-order valence-corrected chi connectivity index (χ1v) is 16.3. The third-order valence-corrected chi connectivity index (χ3v) is 9.25. The first-order chi connectivity index (χ1) is 18.9. The van der Waals surface area contributed by atoms with Crippen molar-refractivity contribution in [1.82, 2.24) is 9.47 Å². The lowest BCUT2D eigenvalue weighted by Crippen LogP contribution is -2.33. The van der Waals surface area contributed by atoms with E-state index < -0.39 is 0 Å². The highest BCUT2D eigenvalue weighted by Gasteiger charge is 2.33. The summed E-state index contributed by atoms with van der Waals surface area (Å²) < 4.78 is 2.37. The number of aromatic nitrogens is 1. The van der Waals surface area contributed by atoms with Gasteiger partial charge in [0.25, 0.3) is 11.5 Å². The summed E-state index contributed by atoms with van der Waals surface area (Å²) in [5.74, 6) is 0.792. The van der Waals surface area contributed by atoms with E-state index in [2.05, 4.69) is 24.8 Å². The average molecular weight is 571 g/mol. The van der Waals surface area contributed by atoms with Crippen LogP contribution < -0.4 is 10.5 Å². The molecule has 0 bridgehead atoms. The minimum absolute atomic E-state index is 0.0579. The zero-order valence-corrected chi connectivity index (χ0v) is 25.9. The first-order valence-electron chi connectivity index (χ1n) is 15.1. The molecule has 2 fully saturated rings. The topological polar surface area (TPSA) is 69.3 Å². The fraction of sp³-hybridized carbons (Fsp3) is 0.677. The third kappa shape index (κ3) is 8.20. The highest BCUT2D eigenvalue weighted by molar-refractivity contribution is 8.26. The number of unbranched alkanes of at least 4 members (excludes halogenated alkanes) is 10. The summed E-state index contributed by atoms with van der Waals surface area (Å²) in [5, 5.41) is 9.85. The Morgan fingerprint density at radius 3 is 2.08 bits per heavy atom. The standard InChI is InChI=1S/C31H46N4O2S2/c1-4-6-8-9-10-11-12-13-14-15-21-35-30(37)27(39-31(35)38)22-25-24(3)26(23-32)29(36)34(20-7-5-2)28(25)33-18-16-17-19-33/h22H,4-21H2,1-3H3/b27-22-. The van der Waals surface area contributed by atoms with Crippen LogP contribution in [0, 0.1) is 18.3 Å². The minimum atomic E-state index is -0.226. The van der Waals surface area contributed by atoms with Gasteiger partial charge in [0.1, 0.15) is 21.8 Å². The second-order valence-corrected chi connectivity index (χ2v) is 12.5. The molecule has 0 atom stereocenters. The number of hydrogen-bond donors (Lipinski definition) is 0. The number of pyridine rings is 1. The van der Waals surface area contributed by atoms with Gasteiger partial charge in [0.05, 0.1) is 4.91 Å². The van der Waals surface area contributed by atoms with Gasteiger partial charge in [-0.3, -0.25) is 19.1 Å². The number of anilines is 1. The molecule has 3 rings (SSSR count). The van der Waals surface area contributed by atoms with Crippen LogP contribution in [-0.4, -0.2) is 39.3 Å². The van der Waals surface area contributed by atoms with Gasteiger partial charge in [-0.05, 0) is 44.2 Å². The van der Waals surface area contributed by atoms with Gasteiger partial charge in [-0.25, -0.2) is 0 Å². The lowest BCUT2D eigenvalue weighted by Gasteiger charge is -2.27. The number of carbonyl (C=O) groups excluding carboxylic acids is 1. The van der Waals surface area contributed by atoms with Crippen LogP contribution in [0.15, 0.2) is 9.70 Å². The summed E-state index contributed by atoms with van der Waals surface area (Å²) >= 11 is 6.95. The Morgan fingerprint density at radius 2 is 1.49 bits per heavy atom. The van der Waals surface area contributed by atoms with Crippen LogP contribution >= 0.6 is 24.0 Å². The van der Waals surface area contributed by atoms with E-state index in [1.165, 1.54) is 63.1 Å². The lowest BCUT2D eigenvalue weighted by atomic mass is 10.0. The Balaban J connectivity index is 1.74. The Labute approximate surface area is 244 Å². The van der Waals surface area contributed by atoms with Crippen molar-refractivity contribution in [2.45, 2.75) is 117 Å². The molecule has 0 spiro atoms. The summed E-state index contributed by atoms with van der Waals surface area (Å²) in [5.41, 5.74) is 1.40. The zero-order valence-electron chi connectivity index (χ0n) is 24.2. The largest absolute Gasteiger partial charge is 0.357 e. The maximum Gasteiger partial charge on any atom is 0.270 e. The van der Waals surface area contributed by atoms with Crippen LogP contribution in [0.5, 0.6) is 0 Å². The van der Waals surface area contributed by atoms with Crippen LogP contribution in [0.4, 0.5) is 5.82 Å². The number of hydrogen-bond acceptors (Lipinski definition) is 6. The quantitative estimate of drug-likeness (QED) is 0.116. The zero-order chi connectivity index (χ0) is 28.2. The maximum atomic E-state index is 13.4. The molecular weight excluding hydrogens is 525 g/mol. The van der Waals surface area contributed by atoms with E-state index in [1.54, 1.807) is 9.47 Å². The second-order valence-electron chi connectivity index (χ2n) is 10.9. The molecule has 8 heteroatoms. The van der Waals surface area contributed by atoms with Crippen LogP contribution in [0.1, 0.15) is 120 Å². The van der Waals surface area contributed by atoms with Crippen LogP contribution in [-0.2, 0) is 11.3 Å². The highest BCUT2D eigenvalue weighted by Crippen LogP contribution is 2.36. The maximum absolute atomic E-state index is 13.4. The van der Waals surface area contributed by atoms with Crippen molar-refractivity contribution >= 4 is 46.1 Å². The molecular formula is C31H46N4O2S2. The molecule has 39 heavy (non-hydrogen) atoms. The molecule has 6 nitrogen and oxygen atoms in total. The van der Waals surface area contributed by atoms with Crippen molar-refractivity contribution in [2.24, 2.45) is 0 Å². The summed E-state index contributed by atoms with van der Waals surface area (Å²) in [4.78, 5) is 31.3. The summed E-state index contributed by atoms with van der Waals surface area (Å²) in [6, 6.07) is 2.14. The van der Waals surface area contributed by atoms with Crippen molar-refractivity contribution in [1.29, 1.82) is 5.26 Å². The molecule has 2 aliphatic heterocycles. The molecule has 0 N–H and O–H groups in total. The second kappa shape index (κ2) is 16.2. The molecule has 1 aromatic heterocycles. The predicted molar refractivity (Wildman–Crippen MR) is 168 cm³/mol. The number of rotatable bonds is 16. The number of thioether (sulfide) groups is 1. The van der Waals surface area contributed by atoms with Crippen LogP contribution in [0.25, 0.3) is 6.08 Å². The molecule has 1 amide bonds. The van der Waals surface area contributed by atoms with Gasteiger partial charge in [0.15, 0.2) is 0 Å². The van der Waals surface area contributed by atoms with Crippen molar-refractivity contribution < 1.29 is 4.79 Å². The number of carbonyl (C=O) groups is 1. The van der Waals surface area contributed by atoms with E-state index in [0.717, 1.165) is 63.0 Å². The number of nitrogens with zero attached hydrogens (tertiary/aromatic N) is 4. The molecule has 3 heterocycles. The van der Waals surface area contributed by atoms with Crippen molar-refractivity contribution in [3.05, 3.63) is 31.9 Å². The molecule has 0 saturated carbocycles. The Hall–Kier alpha value is -2.11. The van der Waals surface area contributed by atoms with E-state index in [0.29, 0.717) is 27.9 Å². The molecule has 0 aliphatic carbocycles. The SMILES string of the molecule is CCCCCCCCCCCCN1C(=O)/C(=C/c2c(C)c(C#N)c(=O)n(CCCC)c2N2CCCC2)SC1=S. The number of amides is 1. The van der Waals surface area contributed by atoms with Crippen molar-refractivity contribution in [3.63, 3.8) is 0 Å². The third-order valence-electron chi connectivity index (χ3n) is 7.87. The minimum Gasteiger partial charge on any atom is -0.357 e. The molecule has 214 valence electrons. The normalized spacial score (nSPS) is 16.6. The highest BCUT2D eigenvalue weighted by atomic mass is 32.2. The molecule has 2 aliphatic rings. The van der Waals surface area contributed by atoms with Crippen molar-refractivity contribution in [3.8, 4) is 6.07 Å². The Bertz CT molecular complexity index is 1130. The van der Waals surface area contributed by atoms with Gasteiger partial charge in [-0.1, -0.05) is 102 Å².